The zero-order valence-corrected chi connectivity index (χ0v) is 8.13. The van der Waals surface area contributed by atoms with Gasteiger partial charge in [0.15, 0.2) is 0 Å². The van der Waals surface area contributed by atoms with Crippen LogP contribution in [0.25, 0.3) is 0 Å². The Morgan fingerprint density at radius 1 is 1.47 bits per heavy atom. The molecule has 1 aliphatic carbocycles. The molecular formula is C11H11FN2O. The third-order valence-electron chi connectivity index (χ3n) is 2.75. The maximum absolute atomic E-state index is 13.3. The Morgan fingerprint density at radius 3 is 2.67 bits per heavy atom. The van der Waals surface area contributed by atoms with Gasteiger partial charge in [-0.15, -0.1) is 0 Å². The van der Waals surface area contributed by atoms with Gasteiger partial charge in [-0.3, -0.25) is 0 Å². The molecule has 0 heterocycles. The number of rotatable bonds is 2. The lowest BCUT2D eigenvalue weighted by molar-refractivity contribution is 0.355. The molecular weight excluding hydrogens is 195 g/mol. The van der Waals surface area contributed by atoms with Gasteiger partial charge in [0.05, 0.1) is 11.8 Å². The van der Waals surface area contributed by atoms with Crippen molar-refractivity contribution in [2.24, 2.45) is 0 Å². The van der Waals surface area contributed by atoms with Crippen molar-refractivity contribution >= 4 is 5.69 Å². The number of aromatic hydroxyl groups is 1. The van der Waals surface area contributed by atoms with Crippen LogP contribution in [0.4, 0.5) is 10.1 Å². The summed E-state index contributed by atoms with van der Waals surface area (Å²) in [4.78, 5) is 0. The molecule has 0 spiro atoms. The molecule has 0 radical (unpaired) electrons. The quantitative estimate of drug-likeness (QED) is 0.730. The predicted octanol–water partition coefficient (Wildman–Crippen LogP) is 2.39. The van der Waals surface area contributed by atoms with Crippen LogP contribution in [0.3, 0.4) is 0 Å². The normalized spacial score (nSPS) is 17.6. The summed E-state index contributed by atoms with van der Waals surface area (Å²) >= 11 is 0. The fraction of sp³-hybridized carbons (Fsp3) is 0.364. The van der Waals surface area contributed by atoms with Crippen LogP contribution in [0.1, 0.15) is 19.3 Å². The maximum Gasteiger partial charge on any atom is 0.150 e. The minimum atomic E-state index is -0.613. The highest BCUT2D eigenvalue weighted by Gasteiger charge is 2.37. The van der Waals surface area contributed by atoms with Crippen LogP contribution >= 0.6 is 0 Å². The van der Waals surface area contributed by atoms with E-state index in [9.17, 15) is 4.39 Å². The highest BCUT2D eigenvalue weighted by atomic mass is 19.1. The standard InChI is InChI=1S/C11H11FN2O/c12-9-6-8(15)2-3-10(9)14-11(7-13)4-1-5-11/h2-3,6,14-15H,1,4-5H2. The summed E-state index contributed by atoms with van der Waals surface area (Å²) in [5, 5.41) is 20.9. The third-order valence-corrected chi connectivity index (χ3v) is 2.75. The number of nitriles is 1. The van der Waals surface area contributed by atoms with Gasteiger partial charge in [-0.25, -0.2) is 4.39 Å². The molecule has 0 saturated heterocycles. The second-order valence-corrected chi connectivity index (χ2v) is 3.84. The molecule has 1 fully saturated rings. The summed E-state index contributed by atoms with van der Waals surface area (Å²) in [6, 6.07) is 6.04. The van der Waals surface area contributed by atoms with Crippen LogP contribution in [-0.2, 0) is 0 Å². The summed E-state index contributed by atoms with van der Waals surface area (Å²) in [5.41, 5.74) is -0.341. The van der Waals surface area contributed by atoms with Gasteiger partial charge in [0.2, 0.25) is 0 Å². The largest absolute Gasteiger partial charge is 0.508 e. The van der Waals surface area contributed by atoms with Crippen molar-refractivity contribution in [2.75, 3.05) is 5.32 Å². The van der Waals surface area contributed by atoms with Gasteiger partial charge in [0, 0.05) is 6.07 Å². The van der Waals surface area contributed by atoms with Crippen molar-refractivity contribution < 1.29 is 9.50 Å². The summed E-state index contributed by atoms with van der Waals surface area (Å²) in [7, 11) is 0. The molecule has 0 aliphatic heterocycles. The van der Waals surface area contributed by atoms with Gasteiger partial charge >= 0.3 is 0 Å². The first-order valence-corrected chi connectivity index (χ1v) is 4.83. The first-order chi connectivity index (χ1) is 7.15. The predicted molar refractivity (Wildman–Crippen MR) is 53.9 cm³/mol. The van der Waals surface area contributed by atoms with Gasteiger partial charge in [-0.2, -0.15) is 5.26 Å². The van der Waals surface area contributed by atoms with Crippen LogP contribution in [0.15, 0.2) is 18.2 Å². The van der Waals surface area contributed by atoms with Gasteiger partial charge in [-0.05, 0) is 31.4 Å². The molecule has 0 aromatic heterocycles. The van der Waals surface area contributed by atoms with Crippen LogP contribution in [0, 0.1) is 17.1 Å². The number of halogens is 1. The van der Waals surface area contributed by atoms with Gasteiger partial charge in [0.1, 0.15) is 17.1 Å². The fourth-order valence-corrected chi connectivity index (χ4v) is 1.66. The number of hydrogen-bond acceptors (Lipinski definition) is 3. The Kier molecular flexibility index (Phi) is 2.24. The number of hydrogen-bond donors (Lipinski definition) is 2. The lowest BCUT2D eigenvalue weighted by Gasteiger charge is -2.36. The number of phenols is 1. The molecule has 0 amide bonds. The van der Waals surface area contributed by atoms with Gasteiger partial charge in [0.25, 0.3) is 0 Å². The number of nitrogens with zero attached hydrogens (tertiary/aromatic N) is 1. The molecule has 1 saturated carbocycles. The monoisotopic (exact) mass is 206 g/mol. The van der Waals surface area contributed by atoms with Crippen LogP contribution < -0.4 is 5.32 Å². The molecule has 2 rings (SSSR count). The lowest BCUT2D eigenvalue weighted by Crippen LogP contribution is -2.43. The van der Waals surface area contributed by atoms with Crippen molar-refractivity contribution in [1.82, 2.24) is 0 Å². The van der Waals surface area contributed by atoms with E-state index in [1.165, 1.54) is 12.1 Å². The minimum absolute atomic E-state index is 0.113. The Bertz CT molecular complexity index is 421. The van der Waals surface area contributed by atoms with E-state index in [1.54, 1.807) is 0 Å². The maximum atomic E-state index is 13.3. The molecule has 4 heteroatoms. The number of anilines is 1. The Labute approximate surface area is 87.2 Å². The molecule has 0 atom stereocenters. The van der Waals surface area contributed by atoms with E-state index < -0.39 is 11.4 Å². The molecule has 2 N–H and O–H groups in total. The highest BCUT2D eigenvalue weighted by Crippen LogP contribution is 2.35. The Hall–Kier alpha value is -1.76. The van der Waals surface area contributed by atoms with Crippen molar-refractivity contribution in [1.29, 1.82) is 5.26 Å². The van der Waals surface area contributed by atoms with E-state index in [4.69, 9.17) is 10.4 Å². The summed E-state index contributed by atoms with van der Waals surface area (Å²) in [6.45, 7) is 0. The molecule has 78 valence electrons. The molecule has 1 aliphatic rings. The van der Waals surface area contributed by atoms with E-state index >= 15 is 0 Å². The third kappa shape index (κ3) is 1.73. The molecule has 0 unspecified atom stereocenters. The van der Waals surface area contributed by atoms with E-state index in [1.807, 2.05) is 0 Å². The molecule has 15 heavy (non-hydrogen) atoms. The molecule has 3 nitrogen and oxygen atoms in total. The van der Waals surface area contributed by atoms with Crippen LogP contribution in [0.2, 0.25) is 0 Å². The Balaban J connectivity index is 2.21. The lowest BCUT2D eigenvalue weighted by atomic mass is 9.78. The summed E-state index contributed by atoms with van der Waals surface area (Å²) in [5.74, 6) is -0.644. The zero-order valence-electron chi connectivity index (χ0n) is 8.13. The number of phenolic OH excluding ortho intramolecular Hbond substituents is 1. The topological polar surface area (TPSA) is 56.0 Å². The average Bonchev–Trinajstić information content (AvgIpc) is 2.14. The molecule has 1 aromatic rings. The van der Waals surface area contributed by atoms with Gasteiger partial charge in [-0.1, -0.05) is 0 Å². The van der Waals surface area contributed by atoms with Crippen molar-refractivity contribution in [3.05, 3.63) is 24.0 Å². The minimum Gasteiger partial charge on any atom is -0.508 e. The van der Waals surface area contributed by atoms with E-state index in [0.29, 0.717) is 0 Å². The smallest absolute Gasteiger partial charge is 0.150 e. The second-order valence-electron chi connectivity index (χ2n) is 3.84. The number of benzene rings is 1. The highest BCUT2D eigenvalue weighted by molar-refractivity contribution is 5.52. The number of nitrogens with one attached hydrogen (secondary N) is 1. The first-order valence-electron chi connectivity index (χ1n) is 4.83. The second kappa shape index (κ2) is 3.43. The Morgan fingerprint density at radius 2 is 2.20 bits per heavy atom. The fourth-order valence-electron chi connectivity index (χ4n) is 1.66. The molecule has 0 bridgehead atoms. The van der Waals surface area contributed by atoms with Crippen molar-refractivity contribution in [2.45, 2.75) is 24.8 Å². The first kappa shape index (κ1) is 9.78. The molecule has 1 aromatic carbocycles. The van der Waals surface area contributed by atoms with E-state index in [-0.39, 0.29) is 11.4 Å². The summed E-state index contributed by atoms with van der Waals surface area (Å²) < 4.78 is 13.3. The van der Waals surface area contributed by atoms with Crippen LogP contribution in [-0.4, -0.2) is 10.6 Å². The van der Waals surface area contributed by atoms with Crippen molar-refractivity contribution in [3.8, 4) is 11.8 Å². The summed E-state index contributed by atoms with van der Waals surface area (Å²) in [6.07, 6.45) is 2.47. The van der Waals surface area contributed by atoms with Crippen LogP contribution in [0.5, 0.6) is 5.75 Å². The SMILES string of the molecule is N#CC1(Nc2ccc(O)cc2F)CCC1. The van der Waals surface area contributed by atoms with Crippen molar-refractivity contribution in [3.63, 3.8) is 0 Å². The van der Waals surface area contributed by atoms with E-state index in [2.05, 4.69) is 11.4 Å². The van der Waals surface area contributed by atoms with Gasteiger partial charge < -0.3 is 10.4 Å². The van der Waals surface area contributed by atoms with E-state index in [0.717, 1.165) is 25.3 Å². The average molecular weight is 206 g/mol. The zero-order chi connectivity index (χ0) is 10.9.